The van der Waals surface area contributed by atoms with Gasteiger partial charge in [0.1, 0.15) is 0 Å². The summed E-state index contributed by atoms with van der Waals surface area (Å²) >= 11 is 0. The van der Waals surface area contributed by atoms with Crippen LogP contribution < -0.4 is 0 Å². The summed E-state index contributed by atoms with van der Waals surface area (Å²) in [6.07, 6.45) is 0. The van der Waals surface area contributed by atoms with Crippen LogP contribution in [0.3, 0.4) is 0 Å². The molecule has 3 heterocycles. The van der Waals surface area contributed by atoms with Gasteiger partial charge in [-0.1, -0.05) is 121 Å². The number of aromatic nitrogens is 5. The van der Waals surface area contributed by atoms with Crippen molar-refractivity contribution in [1.29, 1.82) is 0 Å². The number of hydrogen-bond acceptors (Lipinski definition) is 3. The second-order valence-corrected chi connectivity index (χ2v) is 12.5. The highest BCUT2D eigenvalue weighted by Crippen LogP contribution is 2.38. The first-order valence-electron chi connectivity index (χ1n) is 16.8. The lowest BCUT2D eigenvalue weighted by Crippen LogP contribution is -2.00. The minimum Gasteiger partial charge on any atom is -0.309 e. The predicted molar refractivity (Wildman–Crippen MR) is 205 cm³/mol. The Morgan fingerprint density at radius 2 is 0.740 bits per heavy atom. The monoisotopic (exact) mass is 639 g/mol. The average Bonchev–Trinajstić information content (AvgIpc) is 3.71. The largest absolute Gasteiger partial charge is 0.309 e. The number of benzene rings is 7. The van der Waals surface area contributed by atoms with E-state index in [1.807, 2.05) is 60.7 Å². The zero-order valence-corrected chi connectivity index (χ0v) is 27.0. The molecular weight excluding hydrogens is 611 g/mol. The van der Waals surface area contributed by atoms with Crippen LogP contribution in [-0.2, 0) is 0 Å². The minimum absolute atomic E-state index is 0.644. The Hall–Kier alpha value is -6.85. The van der Waals surface area contributed by atoms with E-state index >= 15 is 0 Å². The van der Waals surface area contributed by atoms with Crippen molar-refractivity contribution < 1.29 is 0 Å². The Bertz CT molecular complexity index is 2800. The van der Waals surface area contributed by atoms with Crippen LogP contribution >= 0.6 is 0 Å². The Balaban J connectivity index is 1.19. The molecule has 0 amide bonds. The van der Waals surface area contributed by atoms with E-state index in [2.05, 4.69) is 124 Å². The van der Waals surface area contributed by atoms with Gasteiger partial charge in [0.2, 0.25) is 0 Å². The zero-order chi connectivity index (χ0) is 33.0. The molecular formula is C45H29N5. The van der Waals surface area contributed by atoms with Gasteiger partial charge in [0, 0.05) is 49.6 Å². The molecule has 3 aromatic heterocycles. The van der Waals surface area contributed by atoms with Crippen molar-refractivity contribution in [2.75, 3.05) is 0 Å². The van der Waals surface area contributed by atoms with Crippen LogP contribution in [0.1, 0.15) is 0 Å². The summed E-state index contributed by atoms with van der Waals surface area (Å²) in [7, 11) is 0. The van der Waals surface area contributed by atoms with Crippen molar-refractivity contribution in [3.05, 3.63) is 176 Å². The van der Waals surface area contributed by atoms with Crippen molar-refractivity contribution in [2.45, 2.75) is 0 Å². The maximum Gasteiger partial charge on any atom is 0.164 e. The van der Waals surface area contributed by atoms with E-state index in [-0.39, 0.29) is 0 Å². The third-order valence-electron chi connectivity index (χ3n) is 9.56. The van der Waals surface area contributed by atoms with E-state index in [9.17, 15) is 0 Å². The summed E-state index contributed by atoms with van der Waals surface area (Å²) < 4.78 is 4.74. The van der Waals surface area contributed by atoms with Crippen LogP contribution in [-0.4, -0.2) is 24.1 Å². The maximum absolute atomic E-state index is 5.01. The van der Waals surface area contributed by atoms with Gasteiger partial charge in [0.25, 0.3) is 0 Å². The van der Waals surface area contributed by atoms with Gasteiger partial charge in [0.15, 0.2) is 17.5 Å². The van der Waals surface area contributed by atoms with Crippen molar-refractivity contribution in [1.82, 2.24) is 24.1 Å². The van der Waals surface area contributed by atoms with Crippen molar-refractivity contribution in [3.63, 3.8) is 0 Å². The van der Waals surface area contributed by atoms with E-state index in [1.54, 1.807) is 0 Å². The summed E-state index contributed by atoms with van der Waals surface area (Å²) in [5, 5.41) is 4.79. The molecule has 10 aromatic rings. The molecule has 0 fully saturated rings. The molecule has 0 radical (unpaired) electrons. The van der Waals surface area contributed by atoms with Gasteiger partial charge >= 0.3 is 0 Å². The second kappa shape index (κ2) is 11.4. The molecule has 234 valence electrons. The quantitative estimate of drug-likeness (QED) is 0.188. The summed E-state index contributed by atoms with van der Waals surface area (Å²) in [6.45, 7) is 0. The van der Waals surface area contributed by atoms with Crippen molar-refractivity contribution in [2.24, 2.45) is 0 Å². The highest BCUT2D eigenvalue weighted by molar-refractivity contribution is 6.12. The standard InChI is InChI=1S/C45H29N5/c1-4-14-30(15-5-1)43-46-44(31-16-6-2-7-17-31)48-45(47-43)32-24-27-41-38(28-32)36-21-11-13-23-40(36)50(41)34-25-26-37-35-20-10-12-22-39(35)49(42(37)29-34)33-18-8-3-9-19-33/h1-29H. The maximum atomic E-state index is 5.01. The summed E-state index contributed by atoms with van der Waals surface area (Å²) in [5.74, 6) is 1.95. The van der Waals surface area contributed by atoms with Gasteiger partial charge < -0.3 is 9.13 Å². The van der Waals surface area contributed by atoms with Crippen molar-refractivity contribution >= 4 is 43.6 Å². The fourth-order valence-corrected chi connectivity index (χ4v) is 7.28. The van der Waals surface area contributed by atoms with Crippen LogP contribution in [0.2, 0.25) is 0 Å². The van der Waals surface area contributed by atoms with Crippen LogP contribution in [0.25, 0.3) is 89.2 Å². The van der Waals surface area contributed by atoms with E-state index in [4.69, 9.17) is 15.0 Å². The van der Waals surface area contributed by atoms with Gasteiger partial charge in [0.05, 0.1) is 22.1 Å². The molecule has 5 heteroatoms. The van der Waals surface area contributed by atoms with Gasteiger partial charge in [-0.15, -0.1) is 0 Å². The number of para-hydroxylation sites is 3. The third kappa shape index (κ3) is 4.52. The molecule has 0 atom stereocenters. The molecule has 0 aliphatic heterocycles. The Kier molecular flexibility index (Phi) is 6.42. The van der Waals surface area contributed by atoms with Gasteiger partial charge in [-0.2, -0.15) is 0 Å². The normalized spacial score (nSPS) is 11.6. The van der Waals surface area contributed by atoms with E-state index in [0.29, 0.717) is 17.5 Å². The first kappa shape index (κ1) is 28.2. The molecule has 0 spiro atoms. The predicted octanol–water partition coefficient (Wildman–Crippen LogP) is 11.1. The van der Waals surface area contributed by atoms with Gasteiger partial charge in [-0.3, -0.25) is 0 Å². The van der Waals surface area contributed by atoms with E-state index in [0.717, 1.165) is 44.5 Å². The molecule has 0 bridgehead atoms. The molecule has 0 unspecified atom stereocenters. The number of rotatable bonds is 5. The number of hydrogen-bond donors (Lipinski definition) is 0. The van der Waals surface area contributed by atoms with Gasteiger partial charge in [-0.05, 0) is 54.6 Å². The highest BCUT2D eigenvalue weighted by atomic mass is 15.0. The third-order valence-corrected chi connectivity index (χ3v) is 9.56. The molecule has 7 aromatic carbocycles. The second-order valence-electron chi connectivity index (χ2n) is 12.5. The summed E-state index contributed by atoms with van der Waals surface area (Å²) in [6, 6.07) is 61.5. The Labute approximate surface area is 288 Å². The fraction of sp³-hybridized carbons (Fsp3) is 0. The SMILES string of the molecule is c1ccc(-c2nc(-c3ccccc3)nc(-c3ccc4c(c3)c3ccccc3n4-c3ccc4c5ccccc5n(-c5ccccc5)c4c3)n2)cc1. The molecule has 0 aliphatic rings. The lowest BCUT2D eigenvalue weighted by molar-refractivity contribution is 1.07. The topological polar surface area (TPSA) is 48.5 Å². The lowest BCUT2D eigenvalue weighted by Gasteiger charge is -2.11. The minimum atomic E-state index is 0.644. The van der Waals surface area contributed by atoms with Crippen LogP contribution in [0.4, 0.5) is 0 Å². The summed E-state index contributed by atoms with van der Waals surface area (Å²) in [5.41, 5.74) is 9.73. The molecule has 0 saturated heterocycles. The van der Waals surface area contributed by atoms with Crippen LogP contribution in [0.5, 0.6) is 0 Å². The van der Waals surface area contributed by atoms with Crippen LogP contribution in [0, 0.1) is 0 Å². The average molecular weight is 640 g/mol. The Morgan fingerprint density at radius 3 is 1.36 bits per heavy atom. The molecule has 0 aliphatic carbocycles. The van der Waals surface area contributed by atoms with E-state index in [1.165, 1.54) is 27.2 Å². The molecule has 10 rings (SSSR count). The molecule has 50 heavy (non-hydrogen) atoms. The smallest absolute Gasteiger partial charge is 0.164 e. The van der Waals surface area contributed by atoms with E-state index < -0.39 is 0 Å². The number of fused-ring (bicyclic) bond motifs is 6. The first-order valence-corrected chi connectivity index (χ1v) is 16.8. The molecule has 0 saturated carbocycles. The summed E-state index contributed by atoms with van der Waals surface area (Å²) in [4.78, 5) is 14.9. The first-order chi connectivity index (χ1) is 24.8. The van der Waals surface area contributed by atoms with Crippen molar-refractivity contribution in [3.8, 4) is 45.5 Å². The van der Waals surface area contributed by atoms with Crippen LogP contribution in [0.15, 0.2) is 176 Å². The Morgan fingerprint density at radius 1 is 0.280 bits per heavy atom. The highest BCUT2D eigenvalue weighted by Gasteiger charge is 2.18. The fourth-order valence-electron chi connectivity index (χ4n) is 7.28. The zero-order valence-electron chi connectivity index (χ0n) is 27.0. The number of nitrogens with zero attached hydrogens (tertiary/aromatic N) is 5. The molecule has 5 nitrogen and oxygen atoms in total. The molecule has 0 N–H and O–H groups in total. The van der Waals surface area contributed by atoms with Gasteiger partial charge in [-0.25, -0.2) is 15.0 Å². The lowest BCUT2D eigenvalue weighted by atomic mass is 10.1.